The molecule has 0 spiro atoms. The van der Waals surface area contributed by atoms with Crippen molar-refractivity contribution in [3.8, 4) is 28.5 Å². The maximum Gasteiger partial charge on any atom is 0.260 e. The van der Waals surface area contributed by atoms with Crippen molar-refractivity contribution in [1.82, 2.24) is 14.9 Å². The highest BCUT2D eigenvalue weighted by Gasteiger charge is 2.22. The lowest BCUT2D eigenvalue weighted by atomic mass is 10.1. The number of methoxy groups -OCH3 is 1. The number of amides is 1. The van der Waals surface area contributed by atoms with Crippen LogP contribution >= 0.6 is 0 Å². The minimum absolute atomic E-state index is 0.00254. The molecular weight excluding hydrogens is 420 g/mol. The lowest BCUT2D eigenvalue weighted by molar-refractivity contribution is -0.133. The van der Waals surface area contributed by atoms with Gasteiger partial charge in [-0.15, -0.1) is 0 Å². The van der Waals surface area contributed by atoms with E-state index in [1.54, 1.807) is 19.5 Å². The first-order chi connectivity index (χ1) is 16.2. The third-order valence-corrected chi connectivity index (χ3v) is 5.47. The Bertz CT molecular complexity index is 1070. The van der Waals surface area contributed by atoms with Gasteiger partial charge in [-0.1, -0.05) is 6.07 Å². The molecule has 1 aliphatic heterocycles. The molecule has 0 unspecified atom stereocenters. The van der Waals surface area contributed by atoms with E-state index >= 15 is 0 Å². The van der Waals surface area contributed by atoms with Crippen LogP contribution < -0.4 is 19.1 Å². The number of ether oxygens (including phenoxy) is 3. The van der Waals surface area contributed by atoms with Gasteiger partial charge in [0, 0.05) is 43.9 Å². The molecule has 0 atom stereocenters. The molecule has 1 saturated heterocycles. The van der Waals surface area contributed by atoms with Crippen LogP contribution in [0, 0.1) is 0 Å². The Morgan fingerprint density at radius 3 is 2.39 bits per heavy atom. The van der Waals surface area contributed by atoms with E-state index in [1.807, 2.05) is 60.4 Å². The van der Waals surface area contributed by atoms with E-state index in [0.29, 0.717) is 44.3 Å². The molecule has 1 fully saturated rings. The Kier molecular flexibility index (Phi) is 7.24. The molecule has 0 N–H and O–H groups in total. The minimum Gasteiger partial charge on any atom is -0.497 e. The van der Waals surface area contributed by atoms with Gasteiger partial charge in [-0.2, -0.15) is 0 Å². The van der Waals surface area contributed by atoms with Crippen LogP contribution in [0.5, 0.6) is 17.2 Å². The molecule has 0 bridgehead atoms. The molecule has 2 aromatic carbocycles. The fraction of sp³-hybridized carbons (Fsp3) is 0.320. The van der Waals surface area contributed by atoms with Crippen LogP contribution in [0.3, 0.4) is 0 Å². The van der Waals surface area contributed by atoms with Gasteiger partial charge in [-0.05, 0) is 43.3 Å². The molecule has 3 aromatic rings. The predicted octanol–water partition coefficient (Wildman–Crippen LogP) is 3.28. The molecule has 0 saturated carbocycles. The van der Waals surface area contributed by atoms with E-state index < -0.39 is 0 Å². The second-order valence-electron chi connectivity index (χ2n) is 7.55. The normalized spacial score (nSPS) is 13.5. The zero-order valence-electron chi connectivity index (χ0n) is 18.9. The van der Waals surface area contributed by atoms with Crippen LogP contribution in [-0.4, -0.2) is 67.3 Å². The number of aromatic nitrogens is 2. The average molecular weight is 449 g/mol. The van der Waals surface area contributed by atoms with E-state index in [4.69, 9.17) is 14.2 Å². The monoisotopic (exact) mass is 448 g/mol. The van der Waals surface area contributed by atoms with Gasteiger partial charge in [-0.25, -0.2) is 9.97 Å². The number of carbonyl (C=O) groups is 1. The Morgan fingerprint density at radius 1 is 0.909 bits per heavy atom. The van der Waals surface area contributed by atoms with Crippen molar-refractivity contribution in [2.24, 2.45) is 0 Å². The molecule has 8 heteroatoms. The summed E-state index contributed by atoms with van der Waals surface area (Å²) >= 11 is 0. The van der Waals surface area contributed by atoms with Gasteiger partial charge >= 0.3 is 0 Å². The van der Waals surface area contributed by atoms with Gasteiger partial charge in [0.05, 0.1) is 19.4 Å². The van der Waals surface area contributed by atoms with E-state index in [1.165, 1.54) is 0 Å². The maximum absolute atomic E-state index is 12.6. The second-order valence-corrected chi connectivity index (χ2v) is 7.55. The first-order valence-corrected chi connectivity index (χ1v) is 11.0. The number of piperazine rings is 1. The summed E-state index contributed by atoms with van der Waals surface area (Å²) in [7, 11) is 1.60. The summed E-state index contributed by atoms with van der Waals surface area (Å²) in [5.41, 5.74) is 1.86. The molecule has 8 nitrogen and oxygen atoms in total. The Balaban J connectivity index is 1.32. The van der Waals surface area contributed by atoms with Crippen molar-refractivity contribution in [2.75, 3.05) is 51.4 Å². The number of anilines is 1. The fourth-order valence-corrected chi connectivity index (χ4v) is 3.68. The quantitative estimate of drug-likeness (QED) is 0.523. The Morgan fingerprint density at radius 2 is 1.67 bits per heavy atom. The van der Waals surface area contributed by atoms with Crippen molar-refractivity contribution in [1.29, 1.82) is 0 Å². The van der Waals surface area contributed by atoms with Crippen molar-refractivity contribution < 1.29 is 19.0 Å². The molecule has 0 aliphatic carbocycles. The molecular formula is C25H28N4O4. The Hall–Kier alpha value is -3.81. The Labute approximate surface area is 193 Å². The van der Waals surface area contributed by atoms with Crippen LogP contribution in [0.25, 0.3) is 11.3 Å². The molecule has 1 aliphatic rings. The van der Waals surface area contributed by atoms with E-state index in [0.717, 1.165) is 22.8 Å². The third kappa shape index (κ3) is 5.71. The summed E-state index contributed by atoms with van der Waals surface area (Å²) in [4.78, 5) is 25.5. The number of hydrogen-bond acceptors (Lipinski definition) is 7. The number of carbonyl (C=O) groups excluding carboxylic acids is 1. The van der Waals surface area contributed by atoms with Crippen molar-refractivity contribution in [2.45, 2.75) is 6.92 Å². The summed E-state index contributed by atoms with van der Waals surface area (Å²) in [6, 6.07) is 17.1. The van der Waals surface area contributed by atoms with Gasteiger partial charge in [0.1, 0.15) is 29.4 Å². The summed E-state index contributed by atoms with van der Waals surface area (Å²) < 4.78 is 16.3. The highest BCUT2D eigenvalue weighted by Crippen LogP contribution is 2.24. The van der Waals surface area contributed by atoms with Gasteiger partial charge in [0.15, 0.2) is 6.61 Å². The molecule has 2 heterocycles. The molecule has 4 rings (SSSR count). The summed E-state index contributed by atoms with van der Waals surface area (Å²) in [6.07, 6.45) is 1.58. The van der Waals surface area contributed by atoms with Crippen LogP contribution in [0.4, 0.5) is 5.82 Å². The predicted molar refractivity (Wildman–Crippen MR) is 126 cm³/mol. The summed E-state index contributed by atoms with van der Waals surface area (Å²) in [5, 5.41) is 0. The number of hydrogen-bond donors (Lipinski definition) is 0. The summed E-state index contributed by atoms with van der Waals surface area (Å²) in [6.45, 7) is 5.23. The standard InChI is InChI=1S/C25H28N4O4/c1-3-32-20-9-7-19(8-10-20)23-16-24(27-18-26-23)28-11-13-29(14-12-28)25(30)17-33-22-6-4-5-21(15-22)31-2/h4-10,15-16,18H,3,11-14,17H2,1-2H3. The van der Waals surface area contributed by atoms with E-state index in [9.17, 15) is 4.79 Å². The van der Waals surface area contributed by atoms with Crippen LogP contribution in [-0.2, 0) is 4.79 Å². The smallest absolute Gasteiger partial charge is 0.260 e. The molecule has 1 amide bonds. The van der Waals surface area contributed by atoms with Crippen molar-refractivity contribution >= 4 is 11.7 Å². The van der Waals surface area contributed by atoms with Gasteiger partial charge in [0.2, 0.25) is 0 Å². The summed E-state index contributed by atoms with van der Waals surface area (Å²) in [5.74, 6) is 2.97. The van der Waals surface area contributed by atoms with Gasteiger partial charge in [-0.3, -0.25) is 4.79 Å². The lowest BCUT2D eigenvalue weighted by Gasteiger charge is -2.35. The lowest BCUT2D eigenvalue weighted by Crippen LogP contribution is -2.50. The van der Waals surface area contributed by atoms with Crippen LogP contribution in [0.1, 0.15) is 6.92 Å². The van der Waals surface area contributed by atoms with Gasteiger partial charge < -0.3 is 24.0 Å². The maximum atomic E-state index is 12.6. The van der Waals surface area contributed by atoms with Crippen LogP contribution in [0.2, 0.25) is 0 Å². The molecule has 33 heavy (non-hydrogen) atoms. The molecule has 0 radical (unpaired) electrons. The van der Waals surface area contributed by atoms with Gasteiger partial charge in [0.25, 0.3) is 5.91 Å². The first-order valence-electron chi connectivity index (χ1n) is 11.0. The minimum atomic E-state index is -0.0322. The number of benzene rings is 2. The SMILES string of the molecule is CCOc1ccc(-c2cc(N3CCN(C(=O)COc4cccc(OC)c4)CC3)ncn2)cc1. The van der Waals surface area contributed by atoms with Crippen molar-refractivity contribution in [3.05, 3.63) is 60.9 Å². The number of nitrogens with zero attached hydrogens (tertiary/aromatic N) is 4. The molecule has 172 valence electrons. The first kappa shape index (κ1) is 22.4. The van der Waals surface area contributed by atoms with E-state index in [2.05, 4.69) is 14.9 Å². The topological polar surface area (TPSA) is 77.0 Å². The largest absolute Gasteiger partial charge is 0.497 e. The zero-order valence-corrected chi connectivity index (χ0v) is 18.9. The van der Waals surface area contributed by atoms with E-state index in [-0.39, 0.29) is 12.5 Å². The highest BCUT2D eigenvalue weighted by atomic mass is 16.5. The zero-order chi connectivity index (χ0) is 23.0. The average Bonchev–Trinajstić information content (AvgIpc) is 2.88. The highest BCUT2D eigenvalue weighted by molar-refractivity contribution is 5.78. The third-order valence-electron chi connectivity index (χ3n) is 5.47. The fourth-order valence-electron chi connectivity index (χ4n) is 3.68. The molecule has 1 aromatic heterocycles. The van der Waals surface area contributed by atoms with Crippen molar-refractivity contribution in [3.63, 3.8) is 0 Å². The second kappa shape index (κ2) is 10.7. The van der Waals surface area contributed by atoms with Crippen LogP contribution in [0.15, 0.2) is 60.9 Å². The number of rotatable bonds is 8.